The Hall–Kier alpha value is -4.94. The minimum absolute atomic E-state index is 0. The lowest BCUT2D eigenvalue weighted by atomic mass is 9.89. The molecule has 16 heteroatoms. The van der Waals surface area contributed by atoms with Gasteiger partial charge in [0, 0.05) is 17.8 Å². The molecule has 0 spiro atoms. The maximum absolute atomic E-state index is 13.6. The van der Waals surface area contributed by atoms with Crippen LogP contribution in [0.25, 0.3) is 0 Å². The van der Waals surface area contributed by atoms with Crippen molar-refractivity contribution in [2.45, 2.75) is 32.1 Å². The number of quaternary nitrogens is 1. The number of aromatic amines is 1. The first-order valence-electron chi connectivity index (χ1n) is 13.4. The standard InChI is InChI=1S/C29H27F3N8O4.ClH/c1-17-24(26(41)43-4)25(39-27(35-36-28(39)42)38(17)21-7-5-6-20(13-21)29(30,31)32)22-9-8-18(14-33)12-19(22)10-11-40(2,3)15-23-34-16-44-37-23;/h5-9,12-13,16,25H,10-11,15H2,1-4H3;1H/t25-;/m1./s1. The summed E-state index contributed by atoms with van der Waals surface area (Å²) >= 11 is 0. The van der Waals surface area contributed by atoms with Crippen LogP contribution in [0, 0.1) is 11.3 Å². The molecule has 0 saturated carbocycles. The maximum Gasteiger partial charge on any atom is 0.416 e. The molecule has 2 aromatic carbocycles. The van der Waals surface area contributed by atoms with E-state index in [1.807, 2.05) is 14.1 Å². The SMILES string of the molecule is COC(=O)C1=C(C)N(c2cccc(C(F)(F)F)c2)c2n[nH]c(=O)n2[C@@H]1c1ccc(C#N)cc1CC[N+](C)(C)Cc1ncon1.[Cl-]. The van der Waals surface area contributed by atoms with E-state index in [2.05, 4.69) is 26.4 Å². The molecule has 236 valence electrons. The highest BCUT2D eigenvalue weighted by molar-refractivity contribution is 5.93. The van der Waals surface area contributed by atoms with Gasteiger partial charge in [-0.3, -0.25) is 4.90 Å². The van der Waals surface area contributed by atoms with E-state index in [9.17, 15) is 28.0 Å². The van der Waals surface area contributed by atoms with Crippen LogP contribution in [0.2, 0.25) is 0 Å². The molecule has 0 fully saturated rings. The molecule has 45 heavy (non-hydrogen) atoms. The van der Waals surface area contributed by atoms with Gasteiger partial charge < -0.3 is 26.2 Å². The largest absolute Gasteiger partial charge is 1.00 e. The van der Waals surface area contributed by atoms with Crippen LogP contribution in [0.1, 0.15) is 41.0 Å². The van der Waals surface area contributed by atoms with Crippen LogP contribution in [-0.4, -0.2) is 63.1 Å². The number of halogens is 4. The van der Waals surface area contributed by atoms with Crippen molar-refractivity contribution >= 4 is 17.6 Å². The molecule has 12 nitrogen and oxygen atoms in total. The van der Waals surface area contributed by atoms with Gasteiger partial charge in [-0.2, -0.15) is 23.4 Å². The third-order valence-corrected chi connectivity index (χ3v) is 7.51. The zero-order valence-electron chi connectivity index (χ0n) is 24.6. The molecule has 5 rings (SSSR count). The Morgan fingerprint density at radius 2 is 1.98 bits per heavy atom. The fraction of sp³-hybridized carbons (Fsp3) is 0.310. The molecular formula is C29H28ClF3N8O4. The highest BCUT2D eigenvalue weighted by atomic mass is 35.5. The summed E-state index contributed by atoms with van der Waals surface area (Å²) in [6.07, 6.45) is -2.96. The van der Waals surface area contributed by atoms with Crippen molar-refractivity contribution < 1.29 is 44.1 Å². The molecule has 1 aliphatic rings. The number of hydrogen-bond acceptors (Lipinski definition) is 9. The summed E-state index contributed by atoms with van der Waals surface area (Å²) in [5.74, 6) is -0.288. The fourth-order valence-corrected chi connectivity index (χ4v) is 5.38. The second-order valence-corrected chi connectivity index (χ2v) is 10.9. The number of H-pyrrole nitrogens is 1. The number of rotatable bonds is 8. The molecule has 0 aliphatic carbocycles. The van der Waals surface area contributed by atoms with Crippen LogP contribution < -0.4 is 23.0 Å². The van der Waals surface area contributed by atoms with E-state index >= 15 is 0 Å². The Balaban J connectivity index is 0.00000461. The summed E-state index contributed by atoms with van der Waals surface area (Å²) in [5, 5.41) is 20.1. The van der Waals surface area contributed by atoms with Crippen LogP contribution in [0.3, 0.4) is 0 Å². The number of fused-ring (bicyclic) bond motifs is 1. The van der Waals surface area contributed by atoms with Gasteiger partial charge in [0.15, 0.2) is 0 Å². The van der Waals surface area contributed by atoms with Crippen molar-refractivity contribution in [3.05, 3.63) is 98.7 Å². The summed E-state index contributed by atoms with van der Waals surface area (Å²) in [5.41, 5.74) is 0.241. The van der Waals surface area contributed by atoms with Gasteiger partial charge in [0.25, 0.3) is 0 Å². The smallest absolute Gasteiger partial charge is 0.416 e. The Kier molecular flexibility index (Phi) is 9.22. The zero-order valence-corrected chi connectivity index (χ0v) is 25.3. The number of ether oxygens (including phenoxy) is 1. The number of anilines is 2. The number of hydrogen-bond donors (Lipinski definition) is 1. The van der Waals surface area contributed by atoms with Gasteiger partial charge in [-0.15, -0.1) is 5.10 Å². The topological polar surface area (TPSA) is 143 Å². The summed E-state index contributed by atoms with van der Waals surface area (Å²) in [4.78, 5) is 32.2. The van der Waals surface area contributed by atoms with Crippen molar-refractivity contribution in [2.75, 3.05) is 32.6 Å². The van der Waals surface area contributed by atoms with Gasteiger partial charge >= 0.3 is 17.8 Å². The molecule has 0 amide bonds. The number of nitrogens with zero attached hydrogens (tertiary/aromatic N) is 7. The highest BCUT2D eigenvalue weighted by Gasteiger charge is 2.41. The fourth-order valence-electron chi connectivity index (χ4n) is 5.38. The van der Waals surface area contributed by atoms with Gasteiger partial charge in [0.05, 0.1) is 50.5 Å². The van der Waals surface area contributed by atoms with Crippen molar-refractivity contribution in [3.63, 3.8) is 0 Å². The number of aromatic nitrogens is 5. The monoisotopic (exact) mass is 644 g/mol. The lowest BCUT2D eigenvalue weighted by Crippen LogP contribution is -3.00. The lowest BCUT2D eigenvalue weighted by molar-refractivity contribution is -0.904. The zero-order chi connectivity index (χ0) is 31.8. The Bertz CT molecular complexity index is 1840. The van der Waals surface area contributed by atoms with E-state index in [0.717, 1.165) is 12.1 Å². The number of benzene rings is 2. The molecule has 0 bridgehead atoms. The summed E-state index contributed by atoms with van der Waals surface area (Å²) in [6.45, 7) is 2.55. The molecule has 0 unspecified atom stereocenters. The molecule has 2 aromatic heterocycles. The molecule has 0 radical (unpaired) electrons. The van der Waals surface area contributed by atoms with Gasteiger partial charge in [-0.25, -0.2) is 19.3 Å². The van der Waals surface area contributed by atoms with Gasteiger partial charge in [-0.05, 0) is 48.4 Å². The van der Waals surface area contributed by atoms with E-state index in [4.69, 9.17) is 9.26 Å². The Labute approximate surface area is 261 Å². The quantitative estimate of drug-likeness (QED) is 0.218. The summed E-state index contributed by atoms with van der Waals surface area (Å²) < 4.78 is 52.5. The van der Waals surface area contributed by atoms with Crippen LogP contribution in [0.15, 0.2) is 69.4 Å². The predicted molar refractivity (Wildman–Crippen MR) is 149 cm³/mol. The average Bonchev–Trinajstić information content (AvgIpc) is 3.63. The number of likely N-dealkylation sites (N-methyl/N-ethyl adjacent to an activating group) is 1. The average molecular weight is 645 g/mol. The number of methoxy groups -OCH3 is 1. The van der Waals surface area contributed by atoms with E-state index in [-0.39, 0.29) is 35.3 Å². The van der Waals surface area contributed by atoms with Crippen molar-refractivity contribution in [2.24, 2.45) is 0 Å². The van der Waals surface area contributed by atoms with E-state index < -0.39 is 29.4 Å². The first-order valence-corrected chi connectivity index (χ1v) is 13.4. The van der Waals surface area contributed by atoms with Crippen molar-refractivity contribution in [3.8, 4) is 6.07 Å². The van der Waals surface area contributed by atoms with Crippen LogP contribution in [-0.2, 0) is 28.7 Å². The number of carbonyl (C=O) groups is 1. The van der Waals surface area contributed by atoms with Gasteiger partial charge in [0.1, 0.15) is 12.6 Å². The third kappa shape index (κ3) is 6.47. The molecule has 1 aliphatic heterocycles. The Morgan fingerprint density at radius 3 is 2.62 bits per heavy atom. The second-order valence-electron chi connectivity index (χ2n) is 10.9. The summed E-state index contributed by atoms with van der Waals surface area (Å²) in [6, 6.07) is 10.5. The molecular weight excluding hydrogens is 617 g/mol. The number of alkyl halides is 3. The predicted octanol–water partition coefficient (Wildman–Crippen LogP) is 0.856. The van der Waals surface area contributed by atoms with Crippen LogP contribution >= 0.6 is 0 Å². The molecule has 1 atom stereocenters. The molecule has 0 saturated heterocycles. The third-order valence-electron chi connectivity index (χ3n) is 7.51. The maximum atomic E-state index is 13.6. The number of carbonyl (C=O) groups excluding carboxylic acids is 1. The molecule has 4 aromatic rings. The van der Waals surface area contributed by atoms with Crippen molar-refractivity contribution in [1.82, 2.24) is 24.9 Å². The minimum Gasteiger partial charge on any atom is -1.00 e. The second kappa shape index (κ2) is 12.6. The minimum atomic E-state index is -4.63. The van der Waals surface area contributed by atoms with Crippen LogP contribution in [0.4, 0.5) is 24.8 Å². The first-order chi connectivity index (χ1) is 20.8. The van der Waals surface area contributed by atoms with E-state index in [1.165, 1.54) is 35.1 Å². The lowest BCUT2D eigenvalue weighted by Gasteiger charge is -2.36. The number of nitrogens with one attached hydrogen (secondary N) is 1. The number of allylic oxidation sites excluding steroid dienone is 1. The highest BCUT2D eigenvalue weighted by Crippen LogP contribution is 2.43. The van der Waals surface area contributed by atoms with Crippen LogP contribution in [0.5, 0.6) is 0 Å². The van der Waals surface area contributed by atoms with Gasteiger partial charge in [-0.1, -0.05) is 17.3 Å². The van der Waals surface area contributed by atoms with E-state index in [0.29, 0.717) is 46.5 Å². The van der Waals surface area contributed by atoms with E-state index in [1.54, 1.807) is 25.1 Å². The number of esters is 1. The van der Waals surface area contributed by atoms with Crippen molar-refractivity contribution in [1.29, 1.82) is 5.26 Å². The number of nitriles is 1. The first kappa shape index (κ1) is 33.0. The summed E-state index contributed by atoms with van der Waals surface area (Å²) in [7, 11) is 5.13. The Morgan fingerprint density at radius 1 is 1.22 bits per heavy atom. The van der Waals surface area contributed by atoms with Gasteiger partial charge in [0.2, 0.25) is 18.2 Å². The normalized spacial score (nSPS) is 14.9. The molecule has 3 heterocycles. The molecule has 1 N–H and O–H groups in total.